The van der Waals surface area contributed by atoms with Crippen molar-refractivity contribution in [3.05, 3.63) is 233 Å². The second-order valence-corrected chi connectivity index (χ2v) is 21.4. The lowest BCUT2D eigenvalue weighted by Gasteiger charge is -2.31. The molecule has 0 heterocycles. The number of methoxy groups -OCH3 is 1. The van der Waals surface area contributed by atoms with Crippen LogP contribution in [0.25, 0.3) is 0 Å². The van der Waals surface area contributed by atoms with E-state index < -0.39 is 29.3 Å². The molecule has 0 spiro atoms. The molecule has 8 bridgehead atoms. The molecule has 0 aromatic heterocycles. The lowest BCUT2D eigenvalue weighted by Crippen LogP contribution is -2.26. The van der Waals surface area contributed by atoms with Gasteiger partial charge in [-0.15, -0.1) is 0 Å². The Morgan fingerprint density at radius 3 is 0.707 bits per heavy atom. The number of carbonyl (C=O) groups excluding carboxylic acids is 5. The molecule has 15 nitrogen and oxygen atoms in total. The Morgan fingerprint density at radius 2 is 0.561 bits per heavy atom. The summed E-state index contributed by atoms with van der Waals surface area (Å²) in [5.41, 5.74) is 3.71. The van der Waals surface area contributed by atoms with E-state index in [0.29, 0.717) is 69.7 Å². The molecule has 8 N–H and O–H groups in total. The lowest BCUT2D eigenvalue weighted by molar-refractivity contribution is -0.159. The van der Waals surface area contributed by atoms with Crippen molar-refractivity contribution < 1.29 is 74.3 Å². The molecule has 1 aliphatic carbocycles. The number of rotatable bonds is 10. The molecule has 0 unspecified atom stereocenters. The molecule has 0 saturated heterocycles. The molecule has 0 saturated carbocycles. The van der Waals surface area contributed by atoms with Crippen molar-refractivity contribution in [2.24, 2.45) is 0 Å². The summed E-state index contributed by atoms with van der Waals surface area (Å²) >= 11 is 0. The predicted molar refractivity (Wildman–Crippen MR) is 307 cm³/mol. The standard InChI is InChI=1S/C60H48O12.C7H14O3/c1-29-53(65)41-21-42(54(29)66)50(38-15-7-34(26-62)8-16-38)44-23-46(58(70)31(3)56(44)68)52(40-19-11-36(28-64)12-20-40)48-24-47(59(71)32(4)60(48)72)51(39-17-9-35(27-63)10-18-39)45-22-43(55(67)30(2)57(45)69)49(41)37-13-5-33(25-61)6-14-37;1-7(2,3)10-6(8)5-9-4/h5-28,49-52,65-72H,1-4H3;5H2,1-4H3. The van der Waals surface area contributed by atoms with Gasteiger partial charge in [0, 0.05) is 120 Å². The second-order valence-electron chi connectivity index (χ2n) is 21.4. The number of aldehydes is 4. The monoisotopic (exact) mass is 1110 g/mol. The van der Waals surface area contributed by atoms with E-state index in [-0.39, 0.29) is 125 Å². The van der Waals surface area contributed by atoms with Gasteiger partial charge < -0.3 is 50.3 Å². The van der Waals surface area contributed by atoms with Crippen molar-refractivity contribution in [3.63, 3.8) is 0 Å². The van der Waals surface area contributed by atoms with Crippen LogP contribution in [0.15, 0.2) is 121 Å². The van der Waals surface area contributed by atoms with Crippen LogP contribution in [0.5, 0.6) is 46.0 Å². The molecule has 82 heavy (non-hydrogen) atoms. The molecular formula is C67H62O15. The predicted octanol–water partition coefficient (Wildman–Crippen LogP) is 11.8. The first-order valence-electron chi connectivity index (χ1n) is 26.1. The third kappa shape index (κ3) is 11.1. The van der Waals surface area contributed by atoms with Gasteiger partial charge in [-0.2, -0.15) is 0 Å². The molecule has 420 valence electrons. The molecule has 0 radical (unpaired) electrons. The van der Waals surface area contributed by atoms with Gasteiger partial charge in [-0.3, -0.25) is 19.2 Å². The van der Waals surface area contributed by atoms with Crippen LogP contribution in [0.4, 0.5) is 0 Å². The van der Waals surface area contributed by atoms with E-state index in [0.717, 1.165) is 0 Å². The maximum absolute atomic E-state index is 12.4. The Morgan fingerprint density at radius 1 is 0.378 bits per heavy atom. The topological polar surface area (TPSA) is 266 Å². The minimum absolute atomic E-state index is 0.000319. The number of phenols is 8. The van der Waals surface area contributed by atoms with Gasteiger partial charge in [0.1, 0.15) is 83.3 Å². The van der Waals surface area contributed by atoms with E-state index in [1.807, 2.05) is 20.8 Å². The van der Waals surface area contributed by atoms with Gasteiger partial charge >= 0.3 is 5.97 Å². The first-order valence-corrected chi connectivity index (χ1v) is 26.1. The highest BCUT2D eigenvalue weighted by atomic mass is 16.6. The first kappa shape index (κ1) is 58.4. The van der Waals surface area contributed by atoms with E-state index in [4.69, 9.17) is 4.74 Å². The van der Waals surface area contributed by atoms with Gasteiger partial charge in [0.25, 0.3) is 0 Å². The highest BCUT2D eigenvalue weighted by molar-refractivity contribution is 5.78. The van der Waals surface area contributed by atoms with Gasteiger partial charge in [0.15, 0.2) is 0 Å². The number of aromatic hydroxyl groups is 8. The van der Waals surface area contributed by atoms with Crippen LogP contribution in [-0.4, -0.2) is 91.3 Å². The molecule has 8 aromatic carbocycles. The second kappa shape index (κ2) is 23.5. The third-order valence-electron chi connectivity index (χ3n) is 15.1. The first-order chi connectivity index (χ1) is 39.0. The smallest absolute Gasteiger partial charge is 0.332 e. The fourth-order valence-electron chi connectivity index (χ4n) is 10.8. The van der Waals surface area contributed by atoms with Crippen LogP contribution in [0.3, 0.4) is 0 Å². The van der Waals surface area contributed by atoms with Crippen molar-refractivity contribution in [3.8, 4) is 46.0 Å². The highest BCUT2D eigenvalue weighted by Gasteiger charge is 2.38. The summed E-state index contributed by atoms with van der Waals surface area (Å²) in [6, 6.07) is 31.8. The third-order valence-corrected chi connectivity index (χ3v) is 15.1. The number of esters is 1. The Labute approximate surface area is 473 Å². The molecule has 0 amide bonds. The lowest BCUT2D eigenvalue weighted by atomic mass is 9.73. The summed E-state index contributed by atoms with van der Waals surface area (Å²) in [5.74, 6) is -7.99. The quantitative estimate of drug-likeness (QED) is 0.0467. The van der Waals surface area contributed by atoms with Crippen molar-refractivity contribution in [1.29, 1.82) is 0 Å². The zero-order chi connectivity index (χ0) is 59.6. The van der Waals surface area contributed by atoms with Gasteiger partial charge in [-0.05, 0) is 95.0 Å². The molecule has 1 aliphatic rings. The fourth-order valence-corrected chi connectivity index (χ4v) is 10.8. The average molecular weight is 1110 g/mol. The summed E-state index contributed by atoms with van der Waals surface area (Å²) < 4.78 is 9.49. The number of phenolic OH excluding ortho intramolecular Hbond substituents is 8. The summed E-state index contributed by atoms with van der Waals surface area (Å²) in [5, 5.41) is 99.1. The molecule has 15 heteroatoms. The van der Waals surface area contributed by atoms with Crippen molar-refractivity contribution >= 4 is 31.1 Å². The minimum Gasteiger partial charge on any atom is -0.507 e. The van der Waals surface area contributed by atoms with E-state index in [1.165, 1.54) is 59.1 Å². The van der Waals surface area contributed by atoms with Crippen molar-refractivity contribution in [2.45, 2.75) is 77.7 Å². The van der Waals surface area contributed by atoms with Crippen molar-refractivity contribution in [1.82, 2.24) is 0 Å². The van der Waals surface area contributed by atoms with Crippen molar-refractivity contribution in [2.75, 3.05) is 13.7 Å². The fraction of sp³-hybridized carbons (Fsp3) is 0.209. The minimum atomic E-state index is -1.15. The van der Waals surface area contributed by atoms with Gasteiger partial charge in [0.05, 0.1) is 0 Å². The molecular weight excluding hydrogens is 1040 g/mol. The van der Waals surface area contributed by atoms with Crippen LogP contribution in [0.2, 0.25) is 0 Å². The van der Waals surface area contributed by atoms with E-state index in [9.17, 15) is 64.8 Å². The Hall–Kier alpha value is -9.73. The molecule has 9 rings (SSSR count). The molecule has 0 fully saturated rings. The van der Waals surface area contributed by atoms with Gasteiger partial charge in [-0.25, -0.2) is 4.79 Å². The number of benzene rings is 8. The van der Waals surface area contributed by atoms with Crippen LogP contribution >= 0.6 is 0 Å². The largest absolute Gasteiger partial charge is 0.507 e. The van der Waals surface area contributed by atoms with Gasteiger partial charge in [-0.1, -0.05) is 97.1 Å². The van der Waals surface area contributed by atoms with E-state index in [2.05, 4.69) is 4.74 Å². The van der Waals surface area contributed by atoms with Crippen LogP contribution in [-0.2, 0) is 14.3 Å². The number of hydrogen-bond donors (Lipinski definition) is 8. The Bertz CT molecular complexity index is 3200. The van der Waals surface area contributed by atoms with Gasteiger partial charge in [0.2, 0.25) is 0 Å². The number of hydrogen-bond acceptors (Lipinski definition) is 15. The number of fused-ring (bicyclic) bond motifs is 8. The highest BCUT2D eigenvalue weighted by Crippen LogP contribution is 2.56. The summed E-state index contributed by atoms with van der Waals surface area (Å²) in [4.78, 5) is 58.7. The molecule has 0 atom stereocenters. The summed E-state index contributed by atoms with van der Waals surface area (Å²) in [6.45, 7) is 11.5. The number of ether oxygens (including phenoxy) is 2. The Kier molecular flexibility index (Phi) is 16.8. The maximum Gasteiger partial charge on any atom is 0.332 e. The zero-order valence-electron chi connectivity index (χ0n) is 46.3. The normalized spacial score (nSPS) is 15.6. The summed E-state index contributed by atoms with van der Waals surface area (Å²) in [7, 11) is 1.46. The van der Waals surface area contributed by atoms with E-state index in [1.54, 1.807) is 97.1 Å². The SMILES string of the molecule is COCC(=O)OC(C)(C)C.Cc1c(O)c2cc(c1O)C(c1ccc(C=O)cc1)c1cc(c(O)c(C)c1O)C(c1ccc(C=O)cc1)c1cc(c(O)c(C)c1O)C(c1ccc(C=O)cc1)c1cc(c(O)c(C)c1O)C2c1ccc(C=O)cc1. The van der Waals surface area contributed by atoms with Crippen LogP contribution in [0.1, 0.15) is 175 Å². The summed E-state index contributed by atoms with van der Waals surface area (Å²) in [6.07, 6.45) is 2.65. The zero-order valence-corrected chi connectivity index (χ0v) is 46.3. The van der Waals surface area contributed by atoms with Crippen LogP contribution < -0.4 is 0 Å². The average Bonchev–Trinajstić information content (AvgIpc) is 3.63. The molecule has 8 aromatic rings. The molecule has 0 aliphatic heterocycles. The van der Waals surface area contributed by atoms with E-state index >= 15 is 0 Å². The maximum atomic E-state index is 12.4. The van der Waals surface area contributed by atoms with Crippen LogP contribution in [0, 0.1) is 27.7 Å². The Balaban J connectivity index is 0.000000803. The number of carbonyl (C=O) groups is 5.